The number of hydrogen-bond donors (Lipinski definition) is 2. The molecule has 39 heavy (non-hydrogen) atoms. The van der Waals surface area contributed by atoms with E-state index in [9.17, 15) is 18.4 Å². The number of aryl methyl sites for hydroxylation is 1. The highest BCUT2D eigenvalue weighted by molar-refractivity contribution is 5.92. The Balaban J connectivity index is 1.32. The van der Waals surface area contributed by atoms with Crippen LogP contribution in [0.4, 0.5) is 14.6 Å². The van der Waals surface area contributed by atoms with Crippen molar-refractivity contribution in [3.8, 4) is 0 Å². The molecule has 1 aliphatic rings. The molecule has 2 aromatic carbocycles. The lowest BCUT2D eigenvalue weighted by Gasteiger charge is -2.26. The van der Waals surface area contributed by atoms with Crippen molar-refractivity contribution in [1.82, 2.24) is 15.2 Å². The summed E-state index contributed by atoms with van der Waals surface area (Å²) in [6.07, 6.45) is 9.38. The average Bonchev–Trinajstić information content (AvgIpc) is 2.94. The van der Waals surface area contributed by atoms with Gasteiger partial charge in [-0.2, -0.15) is 0 Å². The number of anilines is 1. The van der Waals surface area contributed by atoms with Crippen molar-refractivity contribution in [3.63, 3.8) is 0 Å². The van der Waals surface area contributed by atoms with Crippen LogP contribution in [0.5, 0.6) is 0 Å². The van der Waals surface area contributed by atoms with E-state index in [1.54, 1.807) is 6.20 Å². The number of Topliss-reactive ketones (excluding diaryl/α,β-unsaturated/α-hetero) is 1. The smallest absolute Gasteiger partial charge is 0.220 e. The Morgan fingerprint density at radius 3 is 2.51 bits per heavy atom. The standard InChI is InChI=1S/C31H38F2N4O2/c32-26-12-9-23(20-27(26)33)21-28(36-30(39)7-3-1-4-16-37-17-5-2-6-18-37)29(38)13-10-22-8-11-25-24(19-22)14-15-35-31(25)34/h8-9,11-12,14-15,19-20,28H,1-7,10,13,16-18,21H2,(H2,34,35)(H,36,39)/t28-/m0/s1. The van der Waals surface area contributed by atoms with Gasteiger partial charge in [-0.25, -0.2) is 13.8 Å². The van der Waals surface area contributed by atoms with E-state index in [0.717, 1.165) is 54.3 Å². The zero-order chi connectivity index (χ0) is 27.6. The first-order valence-corrected chi connectivity index (χ1v) is 14.0. The summed E-state index contributed by atoms with van der Waals surface area (Å²) in [5, 5.41) is 4.67. The van der Waals surface area contributed by atoms with Crippen LogP contribution >= 0.6 is 0 Å². The van der Waals surface area contributed by atoms with Gasteiger partial charge in [0.1, 0.15) is 5.82 Å². The number of nitrogens with one attached hydrogen (secondary N) is 1. The van der Waals surface area contributed by atoms with Crippen LogP contribution in [0, 0.1) is 11.6 Å². The third-order valence-electron chi connectivity index (χ3n) is 7.49. The highest BCUT2D eigenvalue weighted by atomic mass is 19.2. The van der Waals surface area contributed by atoms with Crippen LogP contribution < -0.4 is 11.1 Å². The van der Waals surface area contributed by atoms with Crippen molar-refractivity contribution in [1.29, 1.82) is 0 Å². The maximum Gasteiger partial charge on any atom is 0.220 e. The normalized spacial score (nSPS) is 14.8. The summed E-state index contributed by atoms with van der Waals surface area (Å²) in [6, 6.07) is 10.4. The maximum atomic E-state index is 13.8. The number of piperidine rings is 1. The molecule has 3 aromatic rings. The minimum atomic E-state index is -0.969. The number of nitrogen functional groups attached to an aromatic ring is 1. The molecular weight excluding hydrogens is 498 g/mol. The van der Waals surface area contributed by atoms with Gasteiger partial charge in [0.25, 0.3) is 0 Å². The number of pyridine rings is 1. The Morgan fingerprint density at radius 2 is 1.72 bits per heavy atom. The van der Waals surface area contributed by atoms with Gasteiger partial charge >= 0.3 is 0 Å². The lowest BCUT2D eigenvalue weighted by molar-refractivity contribution is -0.127. The molecule has 8 heteroatoms. The number of rotatable bonds is 13. The van der Waals surface area contributed by atoms with Gasteiger partial charge in [0, 0.05) is 24.4 Å². The van der Waals surface area contributed by atoms with Gasteiger partial charge in [-0.3, -0.25) is 9.59 Å². The summed E-state index contributed by atoms with van der Waals surface area (Å²) in [6.45, 7) is 3.40. The van der Waals surface area contributed by atoms with Crippen molar-refractivity contribution >= 4 is 28.3 Å². The highest BCUT2D eigenvalue weighted by Crippen LogP contribution is 2.21. The average molecular weight is 537 g/mol. The predicted molar refractivity (Wildman–Crippen MR) is 150 cm³/mol. The van der Waals surface area contributed by atoms with Crippen LogP contribution in [0.15, 0.2) is 48.7 Å². The minimum Gasteiger partial charge on any atom is -0.383 e. The number of carbonyl (C=O) groups excluding carboxylic acids is 2. The number of hydrogen-bond acceptors (Lipinski definition) is 5. The number of fused-ring (bicyclic) bond motifs is 1. The predicted octanol–water partition coefficient (Wildman–Crippen LogP) is 5.37. The largest absolute Gasteiger partial charge is 0.383 e. The van der Waals surface area contributed by atoms with Gasteiger partial charge in [0.15, 0.2) is 17.4 Å². The molecule has 1 saturated heterocycles. The summed E-state index contributed by atoms with van der Waals surface area (Å²) in [4.78, 5) is 32.6. The summed E-state index contributed by atoms with van der Waals surface area (Å²) >= 11 is 0. The molecule has 3 N–H and O–H groups in total. The minimum absolute atomic E-state index is 0.108. The van der Waals surface area contributed by atoms with E-state index in [0.29, 0.717) is 24.2 Å². The molecule has 0 aliphatic carbocycles. The fourth-order valence-corrected chi connectivity index (χ4v) is 5.24. The van der Waals surface area contributed by atoms with Crippen molar-refractivity contribution < 1.29 is 18.4 Å². The van der Waals surface area contributed by atoms with Gasteiger partial charge < -0.3 is 16.0 Å². The summed E-state index contributed by atoms with van der Waals surface area (Å²) in [7, 11) is 0. The number of likely N-dealkylation sites (tertiary alicyclic amines) is 1. The van der Waals surface area contributed by atoms with Crippen LogP contribution in [0.3, 0.4) is 0 Å². The third kappa shape index (κ3) is 8.55. The second-order valence-corrected chi connectivity index (χ2v) is 10.5. The van der Waals surface area contributed by atoms with Crippen molar-refractivity contribution in [3.05, 3.63) is 71.4 Å². The van der Waals surface area contributed by atoms with E-state index < -0.39 is 17.7 Å². The molecule has 2 heterocycles. The Bertz CT molecular complexity index is 1280. The van der Waals surface area contributed by atoms with Crippen molar-refractivity contribution in [2.45, 2.75) is 70.3 Å². The molecule has 208 valence electrons. The Labute approximate surface area is 229 Å². The summed E-state index contributed by atoms with van der Waals surface area (Å²) < 4.78 is 27.3. The number of nitrogens with zero attached hydrogens (tertiary/aromatic N) is 2. The van der Waals surface area contributed by atoms with Crippen LogP contribution in [-0.4, -0.2) is 47.3 Å². The number of amides is 1. The molecule has 6 nitrogen and oxygen atoms in total. The Morgan fingerprint density at radius 1 is 0.923 bits per heavy atom. The SMILES string of the molecule is Nc1nccc2cc(CCC(=O)[C@H](Cc3ccc(F)c(F)c3)NC(=O)CCCCCN3CCCCC3)ccc12. The van der Waals surface area contributed by atoms with Crippen LogP contribution in [0.1, 0.15) is 62.5 Å². The maximum absolute atomic E-state index is 13.8. The van der Waals surface area contributed by atoms with Crippen molar-refractivity contribution in [2.24, 2.45) is 0 Å². The van der Waals surface area contributed by atoms with Crippen LogP contribution in [0.25, 0.3) is 10.8 Å². The molecule has 1 aromatic heterocycles. The highest BCUT2D eigenvalue weighted by Gasteiger charge is 2.22. The first kappa shape index (κ1) is 28.6. The fourth-order valence-electron chi connectivity index (χ4n) is 5.24. The van der Waals surface area contributed by atoms with E-state index in [2.05, 4.69) is 15.2 Å². The fraction of sp³-hybridized carbons (Fsp3) is 0.452. The van der Waals surface area contributed by atoms with Gasteiger partial charge in [-0.05, 0) is 92.9 Å². The number of ketones is 1. The number of carbonyl (C=O) groups is 2. The molecule has 0 unspecified atom stereocenters. The van der Waals surface area contributed by atoms with E-state index in [4.69, 9.17) is 5.73 Å². The van der Waals surface area contributed by atoms with Gasteiger partial charge in [0.2, 0.25) is 5.91 Å². The Hall–Kier alpha value is -3.39. The van der Waals surface area contributed by atoms with Crippen LogP contribution in [-0.2, 0) is 22.4 Å². The van der Waals surface area contributed by atoms with E-state index in [1.165, 1.54) is 38.4 Å². The van der Waals surface area contributed by atoms with Gasteiger partial charge in [-0.15, -0.1) is 0 Å². The lowest BCUT2D eigenvalue weighted by atomic mass is 9.96. The summed E-state index contributed by atoms with van der Waals surface area (Å²) in [5.41, 5.74) is 7.36. The number of benzene rings is 2. The zero-order valence-electron chi connectivity index (χ0n) is 22.4. The lowest BCUT2D eigenvalue weighted by Crippen LogP contribution is -2.42. The van der Waals surface area contributed by atoms with Crippen LogP contribution in [0.2, 0.25) is 0 Å². The zero-order valence-corrected chi connectivity index (χ0v) is 22.4. The molecule has 1 aliphatic heterocycles. The number of halogens is 2. The molecule has 1 fully saturated rings. The topological polar surface area (TPSA) is 88.3 Å². The Kier molecular flexibility index (Phi) is 10.4. The van der Waals surface area contributed by atoms with Gasteiger partial charge in [0.05, 0.1) is 6.04 Å². The second-order valence-electron chi connectivity index (χ2n) is 10.5. The molecule has 1 amide bonds. The van der Waals surface area contributed by atoms with Crippen molar-refractivity contribution in [2.75, 3.05) is 25.4 Å². The molecular formula is C31H38F2N4O2. The molecule has 4 rings (SSSR count). The monoisotopic (exact) mass is 536 g/mol. The first-order valence-electron chi connectivity index (χ1n) is 14.0. The number of nitrogens with two attached hydrogens (primary N) is 1. The quantitative estimate of drug-likeness (QED) is 0.287. The number of aromatic nitrogens is 1. The van der Waals surface area contributed by atoms with Gasteiger partial charge in [-0.1, -0.05) is 37.1 Å². The second kappa shape index (κ2) is 14.1. The molecule has 0 saturated carbocycles. The number of unbranched alkanes of at least 4 members (excludes halogenated alkanes) is 2. The molecule has 1 atom stereocenters. The molecule has 0 bridgehead atoms. The third-order valence-corrected chi connectivity index (χ3v) is 7.49. The molecule has 0 radical (unpaired) electrons. The van der Waals surface area contributed by atoms with E-state index in [-0.39, 0.29) is 24.5 Å². The molecule has 0 spiro atoms. The van der Waals surface area contributed by atoms with E-state index in [1.807, 2.05) is 24.3 Å². The summed E-state index contributed by atoms with van der Waals surface area (Å²) in [5.74, 6) is -1.79. The first-order chi connectivity index (χ1) is 18.9. The van der Waals surface area contributed by atoms with E-state index >= 15 is 0 Å².